The molecule has 100 valence electrons. The molecular weight excluding hydrogens is 246 g/mol. The topological polar surface area (TPSA) is 71.5 Å². The van der Waals surface area contributed by atoms with Crippen molar-refractivity contribution in [2.45, 2.75) is 19.5 Å². The third-order valence-corrected chi connectivity index (χ3v) is 2.27. The summed E-state index contributed by atoms with van der Waals surface area (Å²) in [5, 5.41) is 11.5. The van der Waals surface area contributed by atoms with Crippen LogP contribution < -0.4 is 5.32 Å². The van der Waals surface area contributed by atoms with Crippen molar-refractivity contribution >= 4 is 11.8 Å². The zero-order chi connectivity index (χ0) is 13.7. The number of anilines is 1. The van der Waals surface area contributed by atoms with E-state index in [2.05, 4.69) is 15.0 Å². The first-order chi connectivity index (χ1) is 8.45. The van der Waals surface area contributed by atoms with Crippen LogP contribution in [0.2, 0.25) is 0 Å². The highest BCUT2D eigenvalue weighted by atomic mass is 19.3. The number of rotatable bonds is 5. The van der Waals surface area contributed by atoms with Crippen molar-refractivity contribution in [3.8, 4) is 0 Å². The Balaban J connectivity index is 2.70. The van der Waals surface area contributed by atoms with Crippen molar-refractivity contribution in [3.05, 3.63) is 23.4 Å². The standard InChI is InChI=1S/C11H14F2N2O3/c1-6-7(11(17)18-2)3-4-9(15-6)14-5-8(16)10(12)13/h3-4,8,10,16H,5H2,1-2H3,(H,14,15). The number of carbonyl (C=O) groups excluding carboxylic acids is 1. The Kier molecular flexibility index (Phi) is 4.96. The lowest BCUT2D eigenvalue weighted by molar-refractivity contribution is 0.00380. The molecule has 0 amide bonds. The third-order valence-electron chi connectivity index (χ3n) is 2.27. The molecule has 0 aliphatic rings. The van der Waals surface area contributed by atoms with E-state index in [-0.39, 0.29) is 6.54 Å². The number of aliphatic hydroxyl groups is 1. The number of aliphatic hydroxyl groups excluding tert-OH is 1. The Morgan fingerprint density at radius 1 is 1.56 bits per heavy atom. The van der Waals surface area contributed by atoms with Crippen molar-refractivity contribution in [1.29, 1.82) is 0 Å². The molecule has 0 aromatic carbocycles. The highest BCUT2D eigenvalue weighted by Crippen LogP contribution is 2.12. The molecule has 18 heavy (non-hydrogen) atoms. The zero-order valence-corrected chi connectivity index (χ0v) is 9.98. The predicted molar refractivity (Wildman–Crippen MR) is 60.8 cm³/mol. The van der Waals surface area contributed by atoms with Crippen LogP contribution in [0.1, 0.15) is 16.1 Å². The lowest BCUT2D eigenvalue weighted by Gasteiger charge is -2.12. The summed E-state index contributed by atoms with van der Waals surface area (Å²) >= 11 is 0. The summed E-state index contributed by atoms with van der Waals surface area (Å²) in [7, 11) is 1.26. The number of carbonyl (C=O) groups is 1. The molecule has 0 fully saturated rings. The third kappa shape index (κ3) is 3.63. The number of alkyl halides is 2. The number of methoxy groups -OCH3 is 1. The van der Waals surface area contributed by atoms with Crippen LogP contribution in [0.25, 0.3) is 0 Å². The Hall–Kier alpha value is -1.76. The van der Waals surface area contributed by atoms with Crippen LogP contribution >= 0.6 is 0 Å². The molecule has 0 spiro atoms. The number of esters is 1. The monoisotopic (exact) mass is 260 g/mol. The second kappa shape index (κ2) is 6.25. The first kappa shape index (κ1) is 14.3. The van der Waals surface area contributed by atoms with Crippen LogP contribution in [-0.2, 0) is 4.74 Å². The molecule has 1 heterocycles. The van der Waals surface area contributed by atoms with Gasteiger partial charge in [-0.05, 0) is 19.1 Å². The summed E-state index contributed by atoms with van der Waals surface area (Å²) < 4.78 is 28.7. The number of nitrogens with zero attached hydrogens (tertiary/aromatic N) is 1. The number of aryl methyl sites for hydroxylation is 1. The molecule has 1 rings (SSSR count). The molecule has 5 nitrogen and oxygen atoms in total. The fourth-order valence-electron chi connectivity index (χ4n) is 1.28. The summed E-state index contributed by atoms with van der Waals surface area (Å²) in [4.78, 5) is 15.3. The molecule has 0 aliphatic carbocycles. The van der Waals surface area contributed by atoms with E-state index >= 15 is 0 Å². The van der Waals surface area contributed by atoms with Gasteiger partial charge in [-0.15, -0.1) is 0 Å². The Morgan fingerprint density at radius 3 is 2.72 bits per heavy atom. The summed E-state index contributed by atoms with van der Waals surface area (Å²) in [6.07, 6.45) is -4.57. The van der Waals surface area contributed by atoms with Crippen LogP contribution in [0.3, 0.4) is 0 Å². The van der Waals surface area contributed by atoms with Gasteiger partial charge in [-0.25, -0.2) is 18.6 Å². The van der Waals surface area contributed by atoms with E-state index in [9.17, 15) is 13.6 Å². The first-order valence-electron chi connectivity index (χ1n) is 5.21. The van der Waals surface area contributed by atoms with Gasteiger partial charge in [-0.2, -0.15) is 0 Å². The van der Waals surface area contributed by atoms with Gasteiger partial charge in [0.15, 0.2) is 0 Å². The Labute approximate surface area is 103 Å². The second-order valence-corrected chi connectivity index (χ2v) is 3.60. The van der Waals surface area contributed by atoms with E-state index in [1.54, 1.807) is 6.92 Å². The molecule has 1 atom stereocenters. The lowest BCUT2D eigenvalue weighted by Crippen LogP contribution is -2.27. The lowest BCUT2D eigenvalue weighted by atomic mass is 10.2. The average molecular weight is 260 g/mol. The van der Waals surface area contributed by atoms with Crippen molar-refractivity contribution in [2.24, 2.45) is 0 Å². The molecule has 1 aromatic heterocycles. The minimum Gasteiger partial charge on any atom is -0.465 e. The SMILES string of the molecule is COC(=O)c1ccc(NCC(O)C(F)F)nc1C. The van der Waals surface area contributed by atoms with Crippen LogP contribution in [-0.4, -0.2) is 42.2 Å². The molecule has 1 aromatic rings. The largest absolute Gasteiger partial charge is 0.465 e. The maximum absolute atomic E-state index is 12.1. The smallest absolute Gasteiger partial charge is 0.339 e. The van der Waals surface area contributed by atoms with E-state index in [0.29, 0.717) is 17.1 Å². The number of nitrogens with one attached hydrogen (secondary N) is 1. The van der Waals surface area contributed by atoms with E-state index in [4.69, 9.17) is 5.11 Å². The second-order valence-electron chi connectivity index (χ2n) is 3.60. The van der Waals surface area contributed by atoms with Crippen LogP contribution in [0.5, 0.6) is 0 Å². The van der Waals surface area contributed by atoms with Gasteiger partial charge in [0.05, 0.1) is 18.4 Å². The molecule has 0 aliphatic heterocycles. The molecule has 0 saturated carbocycles. The maximum Gasteiger partial charge on any atom is 0.339 e. The summed E-state index contributed by atoms with van der Waals surface area (Å²) in [6.45, 7) is 1.28. The van der Waals surface area contributed by atoms with E-state index in [1.807, 2.05) is 0 Å². The number of aromatic nitrogens is 1. The minimum absolute atomic E-state index is 0.303. The van der Waals surface area contributed by atoms with Gasteiger partial charge in [-0.1, -0.05) is 0 Å². The molecule has 0 saturated heterocycles. The maximum atomic E-state index is 12.1. The number of ether oxygens (including phenoxy) is 1. The van der Waals surface area contributed by atoms with E-state index in [1.165, 1.54) is 19.2 Å². The number of hydrogen-bond donors (Lipinski definition) is 2. The highest BCUT2D eigenvalue weighted by molar-refractivity contribution is 5.90. The first-order valence-corrected chi connectivity index (χ1v) is 5.21. The van der Waals surface area contributed by atoms with Gasteiger partial charge in [0, 0.05) is 6.54 Å². The van der Waals surface area contributed by atoms with Gasteiger partial charge in [-0.3, -0.25) is 0 Å². The van der Waals surface area contributed by atoms with Crippen LogP contribution in [0.4, 0.5) is 14.6 Å². The molecule has 0 radical (unpaired) electrons. The quantitative estimate of drug-likeness (QED) is 0.779. The van der Waals surface area contributed by atoms with Gasteiger partial charge < -0.3 is 15.2 Å². The van der Waals surface area contributed by atoms with Gasteiger partial charge in [0.1, 0.15) is 11.9 Å². The number of halogens is 2. The van der Waals surface area contributed by atoms with Gasteiger partial charge in [0.25, 0.3) is 6.43 Å². The summed E-state index contributed by atoms with van der Waals surface area (Å²) in [5.74, 6) is -0.209. The minimum atomic E-state index is -2.81. The van der Waals surface area contributed by atoms with Crippen molar-refractivity contribution in [2.75, 3.05) is 19.0 Å². The number of pyridine rings is 1. The number of hydrogen-bond acceptors (Lipinski definition) is 5. The Bertz CT molecular complexity index is 427. The molecular formula is C11H14F2N2O3. The van der Waals surface area contributed by atoms with Crippen molar-refractivity contribution in [3.63, 3.8) is 0 Å². The summed E-state index contributed by atoms with van der Waals surface area (Å²) in [5.41, 5.74) is 0.718. The molecule has 7 heteroatoms. The molecule has 2 N–H and O–H groups in total. The van der Waals surface area contributed by atoms with Crippen LogP contribution in [0.15, 0.2) is 12.1 Å². The zero-order valence-electron chi connectivity index (χ0n) is 9.98. The molecule has 0 bridgehead atoms. The van der Waals surface area contributed by atoms with Crippen LogP contribution in [0, 0.1) is 6.92 Å². The van der Waals surface area contributed by atoms with Gasteiger partial charge >= 0.3 is 5.97 Å². The molecule has 1 unspecified atom stereocenters. The normalized spacial score (nSPS) is 12.3. The van der Waals surface area contributed by atoms with Crippen molar-refractivity contribution in [1.82, 2.24) is 4.98 Å². The van der Waals surface area contributed by atoms with E-state index < -0.39 is 18.5 Å². The van der Waals surface area contributed by atoms with E-state index in [0.717, 1.165) is 0 Å². The highest BCUT2D eigenvalue weighted by Gasteiger charge is 2.17. The van der Waals surface area contributed by atoms with Gasteiger partial charge in [0.2, 0.25) is 0 Å². The fourth-order valence-corrected chi connectivity index (χ4v) is 1.28. The summed E-state index contributed by atoms with van der Waals surface area (Å²) in [6, 6.07) is 2.93. The van der Waals surface area contributed by atoms with Crippen molar-refractivity contribution < 1.29 is 23.4 Å². The average Bonchev–Trinajstić information content (AvgIpc) is 2.34. The fraction of sp³-hybridized carbons (Fsp3) is 0.455. The Morgan fingerprint density at radius 2 is 2.22 bits per heavy atom. The predicted octanol–water partition coefficient (Wildman–Crippen LogP) is 1.21.